The molecule has 1 amide bonds. The Morgan fingerprint density at radius 1 is 0.374 bits per heavy atom. The lowest BCUT2D eigenvalue weighted by Crippen LogP contribution is -2.65. The highest BCUT2D eigenvalue weighted by atomic mass is 16.7. The molecule has 9 N–H and O–H groups in total. The van der Waals surface area contributed by atoms with Crippen LogP contribution in [0.4, 0.5) is 0 Å². The minimum Gasteiger partial charge on any atom is -0.394 e. The molecular weight excluding hydrogens is 1240 g/mol. The number of hydrogen-bond acceptors (Lipinski definition) is 13. The first-order chi connectivity index (χ1) is 48.6. The molecule has 0 aromatic rings. The molecule has 2 rings (SSSR count). The van der Waals surface area contributed by atoms with Gasteiger partial charge in [0.2, 0.25) is 5.91 Å². The third kappa shape index (κ3) is 51.1. The molecule has 12 unspecified atom stereocenters. The maximum atomic E-state index is 13.4. The molecule has 0 spiro atoms. The number of rotatable bonds is 69. The Kier molecular flexibility index (Phi) is 63.6. The molecule has 2 heterocycles. The van der Waals surface area contributed by atoms with Crippen LogP contribution in [0, 0.1) is 0 Å². The molecule has 0 radical (unpaired) electrons. The molecule has 12 atom stereocenters. The Balaban J connectivity index is 1.61. The van der Waals surface area contributed by atoms with Gasteiger partial charge in [-0.05, 0) is 83.5 Å². The summed E-state index contributed by atoms with van der Waals surface area (Å²) in [5.74, 6) is -0.248. The Bertz CT molecular complexity index is 1990. The SMILES string of the molecule is CC/C=C\C/C=C\C/C=C\C/C=C\CCCCCCCCCCCCCCCCCCCCCCCCCCC(=O)NC(COC1OC(CO)C(OC2OC(CO)C(O)C(O)C2O)C(O)C1O)C(O)/C=C/CC/C=C/CC/C=C/CCCCCCCCCCCCCCCCCCCC. The van der Waals surface area contributed by atoms with Crippen molar-refractivity contribution in [3.63, 3.8) is 0 Å². The van der Waals surface area contributed by atoms with Gasteiger partial charge in [-0.2, -0.15) is 0 Å². The second-order valence-corrected chi connectivity index (χ2v) is 28.9. The van der Waals surface area contributed by atoms with E-state index in [4.69, 9.17) is 18.9 Å². The van der Waals surface area contributed by atoms with Gasteiger partial charge in [-0.25, -0.2) is 0 Å². The Labute approximate surface area is 605 Å². The van der Waals surface area contributed by atoms with Gasteiger partial charge in [0.1, 0.15) is 48.8 Å². The number of allylic oxidation sites excluding steroid dienone is 13. The zero-order valence-corrected chi connectivity index (χ0v) is 63.2. The number of aliphatic hydroxyl groups excluding tert-OH is 8. The van der Waals surface area contributed by atoms with E-state index >= 15 is 0 Å². The van der Waals surface area contributed by atoms with Gasteiger partial charge in [0, 0.05) is 6.42 Å². The van der Waals surface area contributed by atoms with Gasteiger partial charge in [0.25, 0.3) is 0 Å². The van der Waals surface area contributed by atoms with E-state index in [2.05, 4.69) is 92.1 Å². The molecular formula is C85H153NO13. The van der Waals surface area contributed by atoms with Crippen molar-refractivity contribution >= 4 is 5.91 Å². The zero-order chi connectivity index (χ0) is 71.5. The zero-order valence-electron chi connectivity index (χ0n) is 63.2. The minimum atomic E-state index is -1.80. The van der Waals surface area contributed by atoms with E-state index in [0.29, 0.717) is 12.8 Å². The molecule has 2 saturated heterocycles. The van der Waals surface area contributed by atoms with Gasteiger partial charge >= 0.3 is 0 Å². The fraction of sp³-hybridized carbons (Fsp3) is 0.824. The van der Waals surface area contributed by atoms with Crippen LogP contribution in [-0.2, 0) is 23.7 Å². The smallest absolute Gasteiger partial charge is 0.220 e. The lowest BCUT2D eigenvalue weighted by Gasteiger charge is -2.46. The number of carbonyl (C=O) groups excluding carboxylic acids is 1. The highest BCUT2D eigenvalue weighted by Crippen LogP contribution is 2.30. The number of ether oxygens (including phenoxy) is 4. The fourth-order valence-corrected chi connectivity index (χ4v) is 13.3. The van der Waals surface area contributed by atoms with Crippen LogP contribution in [0.25, 0.3) is 0 Å². The molecule has 14 nitrogen and oxygen atoms in total. The molecule has 0 aromatic heterocycles. The monoisotopic (exact) mass is 1400 g/mol. The number of hydrogen-bond donors (Lipinski definition) is 9. The summed E-state index contributed by atoms with van der Waals surface area (Å²) < 4.78 is 22.9. The van der Waals surface area contributed by atoms with Crippen molar-refractivity contribution in [1.82, 2.24) is 5.32 Å². The number of carbonyl (C=O) groups is 1. The topological polar surface area (TPSA) is 228 Å². The predicted molar refractivity (Wildman–Crippen MR) is 410 cm³/mol. The summed E-state index contributed by atoms with van der Waals surface area (Å²) in [5.41, 5.74) is 0. The van der Waals surface area contributed by atoms with Crippen LogP contribution < -0.4 is 5.32 Å². The van der Waals surface area contributed by atoms with E-state index in [9.17, 15) is 45.6 Å². The summed E-state index contributed by atoms with van der Waals surface area (Å²) in [6.07, 6.45) is 79.7. The summed E-state index contributed by atoms with van der Waals surface area (Å²) in [4.78, 5) is 13.4. The number of unbranched alkanes of at least 4 members (excludes halogenated alkanes) is 44. The molecule has 0 aromatic carbocycles. The molecule has 2 fully saturated rings. The first kappa shape index (κ1) is 92.3. The summed E-state index contributed by atoms with van der Waals surface area (Å²) in [5, 5.41) is 87.7. The van der Waals surface area contributed by atoms with Crippen molar-refractivity contribution < 1.29 is 64.6 Å². The summed E-state index contributed by atoms with van der Waals surface area (Å²) in [6.45, 7) is 2.71. The van der Waals surface area contributed by atoms with Crippen LogP contribution in [-0.4, -0.2) is 140 Å². The molecule has 0 aliphatic carbocycles. The number of aliphatic hydroxyl groups is 8. The summed E-state index contributed by atoms with van der Waals surface area (Å²) in [6, 6.07) is -0.942. The first-order valence-electron chi connectivity index (χ1n) is 41.3. The van der Waals surface area contributed by atoms with E-state index < -0.39 is 86.8 Å². The average Bonchev–Trinajstić information content (AvgIpc) is 0.793. The van der Waals surface area contributed by atoms with Gasteiger partial charge in [0.15, 0.2) is 12.6 Å². The van der Waals surface area contributed by atoms with E-state index in [1.807, 2.05) is 6.08 Å². The molecule has 576 valence electrons. The maximum Gasteiger partial charge on any atom is 0.220 e. The second-order valence-electron chi connectivity index (χ2n) is 28.9. The van der Waals surface area contributed by atoms with Gasteiger partial charge in [-0.3, -0.25) is 4.79 Å². The minimum absolute atomic E-state index is 0.248. The van der Waals surface area contributed by atoms with Crippen LogP contribution in [0.5, 0.6) is 0 Å². The van der Waals surface area contributed by atoms with Crippen LogP contribution >= 0.6 is 0 Å². The average molecular weight is 1400 g/mol. The van der Waals surface area contributed by atoms with Crippen molar-refractivity contribution in [2.75, 3.05) is 19.8 Å². The Hall–Kier alpha value is -2.83. The van der Waals surface area contributed by atoms with E-state index in [-0.39, 0.29) is 18.9 Å². The van der Waals surface area contributed by atoms with E-state index in [1.165, 1.54) is 250 Å². The Morgan fingerprint density at radius 3 is 1.11 bits per heavy atom. The van der Waals surface area contributed by atoms with Crippen molar-refractivity contribution in [1.29, 1.82) is 0 Å². The number of nitrogens with one attached hydrogen (secondary N) is 1. The third-order valence-electron chi connectivity index (χ3n) is 19.8. The van der Waals surface area contributed by atoms with Crippen LogP contribution in [0.15, 0.2) is 85.1 Å². The standard InChI is InChI=1S/C85H153NO13/c1-3-5-7-9-11-13-15-17-19-21-23-25-27-29-31-33-34-35-36-37-38-39-40-41-43-45-47-49-51-53-55-57-59-61-63-65-67-69-77(90)86-73(72-96-84-82(95)80(93)83(76(71-88)98-84)99-85-81(94)79(92)78(91)75(70-87)97-85)74(89)68-66-64-62-60-58-56-54-52-50-48-46-44-42-32-30-28-26-24-22-20-18-16-14-12-10-8-6-4-2/h5,7,11,13,17,19,23,25,50,52,58,60,66,68,73-76,78-85,87-89,91-95H,3-4,6,8-10,12,14-16,18,20-22,24,26-49,51,53-57,59,61-65,67,69-72H2,1-2H3,(H,86,90)/b7-5-,13-11-,19-17-,25-23-,52-50+,60-58+,68-66+. The third-order valence-corrected chi connectivity index (χ3v) is 19.8. The molecule has 14 heteroatoms. The molecule has 2 aliphatic heterocycles. The summed E-state index contributed by atoms with van der Waals surface area (Å²) in [7, 11) is 0. The normalized spacial score (nSPS) is 22.4. The Morgan fingerprint density at radius 2 is 0.707 bits per heavy atom. The van der Waals surface area contributed by atoms with Gasteiger partial charge in [-0.15, -0.1) is 0 Å². The van der Waals surface area contributed by atoms with Gasteiger partial charge in [-0.1, -0.05) is 349 Å². The second kappa shape index (κ2) is 68.3. The van der Waals surface area contributed by atoms with Gasteiger partial charge < -0.3 is 65.1 Å². The fourth-order valence-electron chi connectivity index (χ4n) is 13.3. The lowest BCUT2D eigenvalue weighted by molar-refractivity contribution is -0.359. The lowest BCUT2D eigenvalue weighted by atomic mass is 9.97. The molecule has 99 heavy (non-hydrogen) atoms. The van der Waals surface area contributed by atoms with E-state index in [1.54, 1.807) is 6.08 Å². The molecule has 0 bridgehead atoms. The largest absolute Gasteiger partial charge is 0.394 e. The maximum absolute atomic E-state index is 13.4. The quantitative estimate of drug-likeness (QED) is 0.0204. The predicted octanol–water partition coefficient (Wildman–Crippen LogP) is 19.1. The van der Waals surface area contributed by atoms with Crippen LogP contribution in [0.2, 0.25) is 0 Å². The van der Waals surface area contributed by atoms with Gasteiger partial charge in [0.05, 0.1) is 32.0 Å². The van der Waals surface area contributed by atoms with Crippen LogP contribution in [0.1, 0.15) is 354 Å². The molecule has 2 aliphatic rings. The number of amides is 1. The molecule has 0 saturated carbocycles. The summed E-state index contributed by atoms with van der Waals surface area (Å²) >= 11 is 0. The van der Waals surface area contributed by atoms with Crippen LogP contribution in [0.3, 0.4) is 0 Å². The highest BCUT2D eigenvalue weighted by Gasteiger charge is 2.51. The van der Waals surface area contributed by atoms with Crippen molar-refractivity contribution in [3.05, 3.63) is 85.1 Å². The highest BCUT2D eigenvalue weighted by molar-refractivity contribution is 5.76. The van der Waals surface area contributed by atoms with Crippen molar-refractivity contribution in [2.45, 2.75) is 428 Å². The van der Waals surface area contributed by atoms with Crippen molar-refractivity contribution in [2.24, 2.45) is 0 Å². The van der Waals surface area contributed by atoms with E-state index in [0.717, 1.165) is 70.6 Å². The van der Waals surface area contributed by atoms with Crippen molar-refractivity contribution in [3.8, 4) is 0 Å². The first-order valence-corrected chi connectivity index (χ1v) is 41.3.